The second-order valence-corrected chi connectivity index (χ2v) is 5.65. The van der Waals surface area contributed by atoms with Crippen LogP contribution in [0.1, 0.15) is 0 Å². The van der Waals surface area contributed by atoms with Crippen LogP contribution in [0.5, 0.6) is 11.5 Å². The summed E-state index contributed by atoms with van der Waals surface area (Å²) in [4.78, 5) is 0. The summed E-state index contributed by atoms with van der Waals surface area (Å²) in [6.07, 6.45) is 0. The molecule has 2 N–H and O–H groups in total. The Morgan fingerprint density at radius 2 is 1.67 bits per heavy atom. The van der Waals surface area contributed by atoms with Crippen LogP contribution in [0.25, 0.3) is 22.3 Å². The van der Waals surface area contributed by atoms with E-state index in [9.17, 15) is 0 Å². The fourth-order valence-corrected chi connectivity index (χ4v) is 3.04. The van der Waals surface area contributed by atoms with E-state index in [1.165, 1.54) is 0 Å². The van der Waals surface area contributed by atoms with Crippen molar-refractivity contribution in [3.63, 3.8) is 0 Å². The number of nitrogen functional groups attached to an aromatic ring is 1. The van der Waals surface area contributed by atoms with Crippen LogP contribution in [0, 0.1) is 3.57 Å². The number of rotatable bonds is 3. The van der Waals surface area contributed by atoms with Crippen molar-refractivity contribution >= 4 is 39.2 Å². The van der Waals surface area contributed by atoms with Crippen molar-refractivity contribution < 1.29 is 13.9 Å². The summed E-state index contributed by atoms with van der Waals surface area (Å²) in [5, 5.41) is 0.957. The van der Waals surface area contributed by atoms with E-state index in [2.05, 4.69) is 22.6 Å². The van der Waals surface area contributed by atoms with E-state index in [1.807, 2.05) is 30.3 Å². The lowest BCUT2D eigenvalue weighted by atomic mass is 10.1. The molecule has 0 saturated carbocycles. The third-order valence-corrected chi connectivity index (χ3v) is 4.39. The molecule has 0 aliphatic heterocycles. The molecule has 1 heterocycles. The van der Waals surface area contributed by atoms with Gasteiger partial charge in [0.15, 0.2) is 5.58 Å². The van der Waals surface area contributed by atoms with Gasteiger partial charge in [-0.1, -0.05) is 0 Å². The topological polar surface area (TPSA) is 57.6 Å². The Balaban J connectivity index is 2.18. The Hall–Kier alpha value is -1.89. The molecule has 0 spiro atoms. The van der Waals surface area contributed by atoms with E-state index in [0.717, 1.165) is 31.8 Å². The summed E-state index contributed by atoms with van der Waals surface area (Å²) in [7, 11) is 3.27. The van der Waals surface area contributed by atoms with Crippen LogP contribution in [0.2, 0.25) is 0 Å². The van der Waals surface area contributed by atoms with E-state index in [4.69, 9.17) is 19.6 Å². The molecule has 1 aromatic heterocycles. The van der Waals surface area contributed by atoms with Crippen molar-refractivity contribution in [2.24, 2.45) is 0 Å². The lowest BCUT2D eigenvalue weighted by Gasteiger charge is -2.01. The number of hydrogen-bond donors (Lipinski definition) is 1. The molecule has 3 rings (SSSR count). The maximum absolute atomic E-state index is 6.04. The molecule has 2 aromatic carbocycles. The van der Waals surface area contributed by atoms with Gasteiger partial charge in [0.2, 0.25) is 0 Å². The van der Waals surface area contributed by atoms with Gasteiger partial charge in [0, 0.05) is 17.0 Å². The summed E-state index contributed by atoms with van der Waals surface area (Å²) in [5.74, 6) is 2.33. The fraction of sp³-hybridized carbons (Fsp3) is 0.125. The summed E-state index contributed by atoms with van der Waals surface area (Å²) < 4.78 is 17.4. The van der Waals surface area contributed by atoms with Crippen molar-refractivity contribution in [1.82, 2.24) is 0 Å². The Bertz CT molecular complexity index is 793. The molecule has 4 nitrogen and oxygen atoms in total. The lowest BCUT2D eigenvalue weighted by Crippen LogP contribution is -1.88. The van der Waals surface area contributed by atoms with E-state index in [-0.39, 0.29) is 0 Å². The Labute approximate surface area is 136 Å². The Morgan fingerprint density at radius 1 is 1.00 bits per heavy atom. The van der Waals surface area contributed by atoms with Crippen molar-refractivity contribution in [1.29, 1.82) is 0 Å². The monoisotopic (exact) mass is 395 g/mol. The van der Waals surface area contributed by atoms with Crippen molar-refractivity contribution in [2.45, 2.75) is 0 Å². The number of ether oxygens (including phenoxy) is 2. The van der Waals surface area contributed by atoms with Gasteiger partial charge in [0.1, 0.15) is 17.3 Å². The number of fused-ring (bicyclic) bond motifs is 1. The third-order valence-electron chi connectivity index (χ3n) is 3.32. The molecular weight excluding hydrogens is 381 g/mol. The van der Waals surface area contributed by atoms with Crippen LogP contribution in [-0.2, 0) is 0 Å². The van der Waals surface area contributed by atoms with Gasteiger partial charge in [-0.15, -0.1) is 0 Å². The van der Waals surface area contributed by atoms with Crippen LogP contribution in [0.3, 0.4) is 0 Å². The highest BCUT2D eigenvalue weighted by Gasteiger charge is 2.17. The van der Waals surface area contributed by atoms with E-state index in [1.54, 1.807) is 20.3 Å². The summed E-state index contributed by atoms with van der Waals surface area (Å²) in [5.41, 5.74) is 8.28. The first-order valence-electron chi connectivity index (χ1n) is 6.34. The van der Waals surface area contributed by atoms with Crippen LogP contribution >= 0.6 is 22.6 Å². The Morgan fingerprint density at radius 3 is 2.29 bits per heavy atom. The standard InChI is InChI=1S/C16H14INO3/c1-19-10-5-3-9(4-6-10)15-14(17)12-7-11(20-2)8-13(18)16(12)21-15/h3-8H,18H2,1-2H3. The molecule has 0 bridgehead atoms. The van der Waals surface area contributed by atoms with E-state index in [0.29, 0.717) is 11.3 Å². The zero-order chi connectivity index (χ0) is 15.0. The minimum Gasteiger partial charge on any atom is -0.497 e. The number of furan rings is 1. The molecule has 21 heavy (non-hydrogen) atoms. The maximum atomic E-state index is 6.04. The summed E-state index contributed by atoms with van der Waals surface area (Å²) >= 11 is 2.27. The zero-order valence-corrected chi connectivity index (χ0v) is 13.8. The van der Waals surface area contributed by atoms with Gasteiger partial charge in [0.05, 0.1) is 23.5 Å². The number of anilines is 1. The van der Waals surface area contributed by atoms with Gasteiger partial charge in [-0.25, -0.2) is 0 Å². The number of halogens is 1. The smallest absolute Gasteiger partial charge is 0.159 e. The van der Waals surface area contributed by atoms with E-state index >= 15 is 0 Å². The molecule has 0 aliphatic carbocycles. The first-order chi connectivity index (χ1) is 10.1. The maximum Gasteiger partial charge on any atom is 0.159 e. The molecule has 0 radical (unpaired) electrons. The highest BCUT2D eigenvalue weighted by Crippen LogP contribution is 2.39. The quantitative estimate of drug-likeness (QED) is 0.531. The van der Waals surface area contributed by atoms with Crippen LogP contribution in [0.15, 0.2) is 40.8 Å². The molecular formula is C16H14INO3. The minimum absolute atomic E-state index is 0.571. The average molecular weight is 395 g/mol. The van der Waals surface area contributed by atoms with Crippen LogP contribution < -0.4 is 15.2 Å². The summed E-state index contributed by atoms with van der Waals surface area (Å²) in [6.45, 7) is 0. The first-order valence-corrected chi connectivity index (χ1v) is 7.42. The van der Waals surface area contributed by atoms with Crippen molar-refractivity contribution in [2.75, 3.05) is 20.0 Å². The molecule has 0 unspecified atom stereocenters. The number of benzene rings is 2. The lowest BCUT2D eigenvalue weighted by molar-refractivity contribution is 0.415. The van der Waals surface area contributed by atoms with E-state index < -0.39 is 0 Å². The van der Waals surface area contributed by atoms with Crippen molar-refractivity contribution in [3.05, 3.63) is 40.0 Å². The fourth-order valence-electron chi connectivity index (χ4n) is 2.22. The molecule has 5 heteroatoms. The number of hydrogen-bond acceptors (Lipinski definition) is 4. The predicted octanol–water partition coefficient (Wildman–Crippen LogP) is 4.30. The number of methoxy groups -OCH3 is 2. The highest BCUT2D eigenvalue weighted by atomic mass is 127. The van der Waals surface area contributed by atoms with Gasteiger partial charge in [0.25, 0.3) is 0 Å². The molecule has 0 aliphatic rings. The second-order valence-electron chi connectivity index (χ2n) is 4.57. The van der Waals surface area contributed by atoms with Gasteiger partial charge in [-0.2, -0.15) is 0 Å². The molecule has 0 atom stereocenters. The first kappa shape index (κ1) is 14.1. The normalized spacial score (nSPS) is 10.8. The second kappa shape index (κ2) is 5.48. The van der Waals surface area contributed by atoms with Gasteiger partial charge in [-0.3, -0.25) is 0 Å². The van der Waals surface area contributed by atoms with Crippen LogP contribution in [-0.4, -0.2) is 14.2 Å². The van der Waals surface area contributed by atoms with Crippen LogP contribution in [0.4, 0.5) is 5.69 Å². The number of nitrogens with two attached hydrogens (primary N) is 1. The largest absolute Gasteiger partial charge is 0.497 e. The average Bonchev–Trinajstić information content (AvgIpc) is 2.85. The zero-order valence-electron chi connectivity index (χ0n) is 11.6. The molecule has 108 valence electrons. The van der Waals surface area contributed by atoms with Gasteiger partial charge >= 0.3 is 0 Å². The molecule has 0 amide bonds. The predicted molar refractivity (Wildman–Crippen MR) is 91.9 cm³/mol. The van der Waals surface area contributed by atoms with Gasteiger partial charge in [-0.05, 0) is 52.9 Å². The van der Waals surface area contributed by atoms with Crippen molar-refractivity contribution in [3.8, 4) is 22.8 Å². The molecule has 3 aromatic rings. The highest BCUT2D eigenvalue weighted by molar-refractivity contribution is 14.1. The Kier molecular flexibility index (Phi) is 3.67. The third kappa shape index (κ3) is 2.42. The van der Waals surface area contributed by atoms with Gasteiger partial charge < -0.3 is 19.6 Å². The molecule has 0 fully saturated rings. The minimum atomic E-state index is 0.571. The summed E-state index contributed by atoms with van der Waals surface area (Å²) in [6, 6.07) is 11.4. The molecule has 0 saturated heterocycles. The SMILES string of the molecule is COc1ccc(-c2oc3c(N)cc(OC)cc3c2I)cc1.